The van der Waals surface area contributed by atoms with E-state index in [0.29, 0.717) is 33.5 Å². The lowest BCUT2D eigenvalue weighted by atomic mass is 10.1. The molecule has 0 unspecified atom stereocenters. The van der Waals surface area contributed by atoms with Gasteiger partial charge in [-0.15, -0.1) is 0 Å². The van der Waals surface area contributed by atoms with Gasteiger partial charge in [0.25, 0.3) is 5.91 Å². The van der Waals surface area contributed by atoms with Crippen LogP contribution in [-0.4, -0.2) is 16.9 Å². The Morgan fingerprint density at radius 1 is 0.892 bits per heavy atom. The Morgan fingerprint density at radius 3 is 2.41 bits per heavy atom. The van der Waals surface area contributed by atoms with Crippen molar-refractivity contribution in [2.45, 2.75) is 13.8 Å². The van der Waals surface area contributed by atoms with Gasteiger partial charge < -0.3 is 15.1 Å². The van der Waals surface area contributed by atoms with Crippen LogP contribution in [0.3, 0.4) is 0 Å². The van der Waals surface area contributed by atoms with Gasteiger partial charge in [-0.1, -0.05) is 41.9 Å². The van der Waals surface area contributed by atoms with Crippen molar-refractivity contribution in [2.24, 2.45) is 0 Å². The minimum atomic E-state index is -0.405. The highest BCUT2D eigenvalue weighted by atomic mass is 35.5. The first-order valence-corrected chi connectivity index (χ1v) is 12.2. The van der Waals surface area contributed by atoms with Gasteiger partial charge in [0.2, 0.25) is 5.91 Å². The molecule has 0 saturated heterocycles. The molecule has 8 heteroatoms. The second kappa shape index (κ2) is 11.7. The topological polar surface area (TPSA) is 83.4 Å². The average molecular weight is 530 g/mol. The van der Waals surface area contributed by atoms with E-state index in [1.807, 2.05) is 62.4 Å². The molecule has 0 aliphatic heterocycles. The predicted octanol–water partition coefficient (Wildman–Crippen LogP) is 7.00. The molecule has 37 heavy (non-hydrogen) atoms. The zero-order chi connectivity index (χ0) is 26.4. The zero-order valence-corrected chi connectivity index (χ0v) is 21.7. The lowest BCUT2D eigenvalue weighted by molar-refractivity contribution is -0.115. The first-order chi connectivity index (χ1) is 17.8. The molecular formula is C29H24ClN3O3S. The molecule has 0 aliphatic rings. The van der Waals surface area contributed by atoms with E-state index in [1.54, 1.807) is 36.4 Å². The van der Waals surface area contributed by atoms with Crippen LogP contribution in [0.1, 0.15) is 27.2 Å². The van der Waals surface area contributed by atoms with Gasteiger partial charge >= 0.3 is 0 Å². The van der Waals surface area contributed by atoms with Crippen molar-refractivity contribution >= 4 is 58.2 Å². The van der Waals surface area contributed by atoms with E-state index < -0.39 is 5.91 Å². The van der Waals surface area contributed by atoms with Crippen molar-refractivity contribution < 1.29 is 14.0 Å². The summed E-state index contributed by atoms with van der Waals surface area (Å²) in [6.07, 6.45) is 2.90. The van der Waals surface area contributed by atoms with E-state index in [4.69, 9.17) is 28.2 Å². The Balaban J connectivity index is 1.31. The summed E-state index contributed by atoms with van der Waals surface area (Å²) >= 11 is 11.5. The molecule has 4 rings (SSSR count). The van der Waals surface area contributed by atoms with Crippen molar-refractivity contribution in [3.8, 4) is 11.3 Å². The molecule has 0 atom stereocenters. The molecule has 0 bridgehead atoms. The highest BCUT2D eigenvalue weighted by Gasteiger charge is 2.09. The van der Waals surface area contributed by atoms with Crippen LogP contribution in [0.25, 0.3) is 17.4 Å². The molecule has 6 nitrogen and oxygen atoms in total. The number of hydrogen-bond donors (Lipinski definition) is 3. The maximum Gasteiger partial charge on any atom is 0.255 e. The second-order valence-electron chi connectivity index (χ2n) is 8.29. The molecule has 3 N–H and O–H groups in total. The molecule has 0 fully saturated rings. The third-order valence-corrected chi connectivity index (χ3v) is 6.10. The number of amides is 2. The number of halogens is 1. The van der Waals surface area contributed by atoms with Crippen molar-refractivity contribution in [2.75, 3.05) is 10.6 Å². The van der Waals surface area contributed by atoms with Crippen LogP contribution in [0.15, 0.2) is 89.4 Å². The van der Waals surface area contributed by atoms with E-state index in [9.17, 15) is 9.59 Å². The second-order valence-corrected chi connectivity index (χ2v) is 9.11. The smallest absolute Gasteiger partial charge is 0.255 e. The fraction of sp³-hybridized carbons (Fsp3) is 0.0690. The largest absolute Gasteiger partial charge is 0.457 e. The van der Waals surface area contributed by atoms with Crippen LogP contribution < -0.4 is 16.0 Å². The summed E-state index contributed by atoms with van der Waals surface area (Å²) in [7, 11) is 0. The normalized spacial score (nSPS) is 10.8. The summed E-state index contributed by atoms with van der Waals surface area (Å²) in [5.74, 6) is 0.574. The number of rotatable bonds is 6. The van der Waals surface area contributed by atoms with Gasteiger partial charge in [-0.2, -0.15) is 0 Å². The highest BCUT2D eigenvalue weighted by Crippen LogP contribution is 2.27. The van der Waals surface area contributed by atoms with Gasteiger partial charge in [0.15, 0.2) is 5.11 Å². The van der Waals surface area contributed by atoms with Gasteiger partial charge in [-0.05, 0) is 91.8 Å². The molecule has 186 valence electrons. The fourth-order valence-electron chi connectivity index (χ4n) is 3.48. The number of hydrogen-bond acceptors (Lipinski definition) is 4. The number of anilines is 2. The van der Waals surface area contributed by atoms with Gasteiger partial charge in [0.05, 0.1) is 0 Å². The number of carbonyl (C=O) groups is 2. The van der Waals surface area contributed by atoms with E-state index in [-0.39, 0.29) is 11.0 Å². The monoisotopic (exact) mass is 529 g/mol. The van der Waals surface area contributed by atoms with Gasteiger partial charge in [0, 0.05) is 33.6 Å². The standard InChI is InChI=1S/C29H24ClN3O3S/c1-18-8-9-21(17-24(18)30)26-14-11-23(36-26)12-15-27(34)33-29(37)31-22-10-13-25(19(2)16-22)32-28(35)20-6-4-3-5-7-20/h3-17H,1-2H3,(H,32,35)(H2,31,33,34,37)/b15-12+. The van der Waals surface area contributed by atoms with Gasteiger partial charge in [0.1, 0.15) is 11.5 Å². The molecule has 0 aliphatic carbocycles. The molecular weight excluding hydrogens is 506 g/mol. The predicted molar refractivity (Wildman–Crippen MR) is 153 cm³/mol. The molecule has 2 amide bonds. The summed E-state index contributed by atoms with van der Waals surface area (Å²) in [4.78, 5) is 24.7. The molecule has 1 aromatic heterocycles. The molecule has 4 aromatic rings. The maximum absolute atomic E-state index is 12.4. The molecule has 3 aromatic carbocycles. The van der Waals surface area contributed by atoms with Gasteiger partial charge in [-0.3, -0.25) is 14.9 Å². The quantitative estimate of drug-likeness (QED) is 0.185. The first-order valence-electron chi connectivity index (χ1n) is 11.4. The SMILES string of the molecule is Cc1ccc(-c2ccc(/C=C/C(=O)NC(=S)Nc3ccc(NC(=O)c4ccccc4)c(C)c3)o2)cc1Cl. The lowest BCUT2D eigenvalue weighted by Gasteiger charge is -2.12. The molecule has 1 heterocycles. The Morgan fingerprint density at radius 2 is 1.68 bits per heavy atom. The van der Waals surface area contributed by atoms with Crippen LogP contribution in [0.5, 0.6) is 0 Å². The first kappa shape index (κ1) is 25.9. The lowest BCUT2D eigenvalue weighted by Crippen LogP contribution is -2.32. The molecule has 0 spiro atoms. The number of carbonyl (C=O) groups excluding carboxylic acids is 2. The summed E-state index contributed by atoms with van der Waals surface area (Å²) in [6, 6.07) is 23.6. The summed E-state index contributed by atoms with van der Waals surface area (Å²) in [5.41, 5.74) is 4.61. The number of thiocarbonyl (C=S) groups is 1. The minimum absolute atomic E-state index is 0.143. The van der Waals surface area contributed by atoms with Crippen LogP contribution in [0.2, 0.25) is 5.02 Å². The Kier molecular flexibility index (Phi) is 8.18. The number of nitrogens with one attached hydrogen (secondary N) is 3. The van der Waals surface area contributed by atoms with Crippen LogP contribution >= 0.6 is 23.8 Å². The third kappa shape index (κ3) is 6.94. The number of aryl methyl sites for hydroxylation is 2. The van der Waals surface area contributed by atoms with Crippen molar-refractivity contribution in [1.29, 1.82) is 0 Å². The number of benzene rings is 3. The summed E-state index contributed by atoms with van der Waals surface area (Å²) in [5, 5.41) is 9.28. The Hall–Kier alpha value is -4.20. The Bertz CT molecular complexity index is 1500. The van der Waals surface area contributed by atoms with E-state index in [1.165, 1.54) is 6.08 Å². The maximum atomic E-state index is 12.4. The average Bonchev–Trinajstić information content (AvgIpc) is 3.35. The zero-order valence-electron chi connectivity index (χ0n) is 20.2. The molecule has 0 radical (unpaired) electrons. The van der Waals surface area contributed by atoms with Crippen LogP contribution in [0, 0.1) is 13.8 Å². The number of furan rings is 1. The van der Waals surface area contributed by atoms with Crippen molar-refractivity contribution in [3.05, 3.63) is 112 Å². The van der Waals surface area contributed by atoms with Crippen molar-refractivity contribution in [1.82, 2.24) is 5.32 Å². The Labute approximate surface area is 225 Å². The van der Waals surface area contributed by atoms with E-state index in [0.717, 1.165) is 16.7 Å². The van der Waals surface area contributed by atoms with Crippen LogP contribution in [0.4, 0.5) is 11.4 Å². The van der Waals surface area contributed by atoms with Crippen molar-refractivity contribution in [3.63, 3.8) is 0 Å². The van der Waals surface area contributed by atoms with Gasteiger partial charge in [-0.25, -0.2) is 0 Å². The van der Waals surface area contributed by atoms with E-state index >= 15 is 0 Å². The summed E-state index contributed by atoms with van der Waals surface area (Å²) < 4.78 is 5.79. The van der Waals surface area contributed by atoms with E-state index in [2.05, 4.69) is 16.0 Å². The highest BCUT2D eigenvalue weighted by molar-refractivity contribution is 7.80. The van der Waals surface area contributed by atoms with Crippen LogP contribution in [-0.2, 0) is 4.79 Å². The third-order valence-electron chi connectivity index (χ3n) is 5.49. The minimum Gasteiger partial charge on any atom is -0.457 e. The summed E-state index contributed by atoms with van der Waals surface area (Å²) in [6.45, 7) is 3.81. The molecule has 0 saturated carbocycles. The fourth-order valence-corrected chi connectivity index (χ4v) is 3.88.